The van der Waals surface area contributed by atoms with Gasteiger partial charge in [0.15, 0.2) is 0 Å². The van der Waals surface area contributed by atoms with E-state index in [0.717, 1.165) is 19.3 Å². The van der Waals surface area contributed by atoms with E-state index in [2.05, 4.69) is 5.32 Å². The first-order chi connectivity index (χ1) is 6.56. The average Bonchev–Trinajstić information content (AvgIpc) is 2.56. The summed E-state index contributed by atoms with van der Waals surface area (Å²) in [6, 6.07) is 0.416. The topological polar surface area (TPSA) is 55.1 Å². The van der Waals surface area contributed by atoms with Crippen LogP contribution in [-0.4, -0.2) is 18.5 Å². The van der Waals surface area contributed by atoms with Crippen molar-refractivity contribution in [2.24, 2.45) is 11.1 Å². The molecule has 14 heavy (non-hydrogen) atoms. The summed E-state index contributed by atoms with van der Waals surface area (Å²) in [6.07, 6.45) is 5.55. The molecule has 1 rings (SSSR count). The Morgan fingerprint density at radius 1 is 1.43 bits per heavy atom. The van der Waals surface area contributed by atoms with Gasteiger partial charge in [0.05, 0.1) is 0 Å². The molecule has 1 amide bonds. The largest absolute Gasteiger partial charge is 0.353 e. The molecular weight excluding hydrogens is 176 g/mol. The Hall–Kier alpha value is -0.570. The van der Waals surface area contributed by atoms with E-state index in [4.69, 9.17) is 5.73 Å². The van der Waals surface area contributed by atoms with E-state index in [0.29, 0.717) is 12.6 Å². The fourth-order valence-electron chi connectivity index (χ4n) is 1.93. The van der Waals surface area contributed by atoms with Crippen LogP contribution in [-0.2, 0) is 4.79 Å². The van der Waals surface area contributed by atoms with Gasteiger partial charge in [-0.25, -0.2) is 0 Å². The van der Waals surface area contributed by atoms with Crippen LogP contribution in [0.2, 0.25) is 0 Å². The molecule has 0 aromatic carbocycles. The SMILES string of the molecule is CC(C)(CCN)C(=O)NC1CCCC1. The molecule has 0 aromatic heterocycles. The van der Waals surface area contributed by atoms with Crippen molar-refractivity contribution in [2.45, 2.75) is 52.0 Å². The maximum Gasteiger partial charge on any atom is 0.225 e. The molecule has 1 aliphatic carbocycles. The van der Waals surface area contributed by atoms with E-state index in [1.165, 1.54) is 12.8 Å². The first kappa shape index (κ1) is 11.5. The lowest BCUT2D eigenvalue weighted by atomic mass is 9.88. The van der Waals surface area contributed by atoms with Gasteiger partial charge >= 0.3 is 0 Å². The van der Waals surface area contributed by atoms with Crippen molar-refractivity contribution in [3.05, 3.63) is 0 Å². The number of hydrogen-bond acceptors (Lipinski definition) is 2. The van der Waals surface area contributed by atoms with Gasteiger partial charge in [-0.15, -0.1) is 0 Å². The molecule has 0 aromatic rings. The number of carbonyl (C=O) groups excluding carboxylic acids is 1. The molecule has 3 N–H and O–H groups in total. The van der Waals surface area contributed by atoms with Gasteiger partial charge in [-0.1, -0.05) is 26.7 Å². The van der Waals surface area contributed by atoms with Crippen molar-refractivity contribution in [2.75, 3.05) is 6.54 Å². The summed E-state index contributed by atoms with van der Waals surface area (Å²) in [6.45, 7) is 4.50. The second-order valence-corrected chi connectivity index (χ2v) is 4.88. The highest BCUT2D eigenvalue weighted by Gasteiger charge is 2.29. The van der Waals surface area contributed by atoms with Crippen LogP contribution in [0.1, 0.15) is 46.0 Å². The second-order valence-electron chi connectivity index (χ2n) is 4.88. The van der Waals surface area contributed by atoms with Gasteiger partial charge in [0.2, 0.25) is 5.91 Å². The molecule has 1 aliphatic rings. The minimum atomic E-state index is -0.308. The number of nitrogens with one attached hydrogen (secondary N) is 1. The van der Waals surface area contributed by atoms with Crippen molar-refractivity contribution < 1.29 is 4.79 Å². The molecule has 0 aliphatic heterocycles. The molecule has 0 saturated heterocycles. The normalized spacial score (nSPS) is 18.5. The lowest BCUT2D eigenvalue weighted by molar-refractivity contribution is -0.130. The first-order valence-electron chi connectivity index (χ1n) is 5.57. The Morgan fingerprint density at radius 2 is 2.00 bits per heavy atom. The van der Waals surface area contributed by atoms with Crippen molar-refractivity contribution in [1.82, 2.24) is 5.32 Å². The second kappa shape index (κ2) is 4.78. The Kier molecular flexibility index (Phi) is 3.93. The van der Waals surface area contributed by atoms with Crippen LogP contribution in [0.5, 0.6) is 0 Å². The minimum Gasteiger partial charge on any atom is -0.353 e. The zero-order chi connectivity index (χ0) is 10.6. The third-order valence-corrected chi connectivity index (χ3v) is 3.07. The smallest absolute Gasteiger partial charge is 0.225 e. The Morgan fingerprint density at radius 3 is 2.50 bits per heavy atom. The highest BCUT2D eigenvalue weighted by Crippen LogP contribution is 2.23. The summed E-state index contributed by atoms with van der Waals surface area (Å²) < 4.78 is 0. The zero-order valence-corrected chi connectivity index (χ0v) is 9.31. The van der Waals surface area contributed by atoms with Gasteiger partial charge in [0.25, 0.3) is 0 Å². The van der Waals surface area contributed by atoms with E-state index in [1.807, 2.05) is 13.8 Å². The van der Waals surface area contributed by atoms with E-state index < -0.39 is 0 Å². The van der Waals surface area contributed by atoms with E-state index in [1.54, 1.807) is 0 Å². The third-order valence-electron chi connectivity index (χ3n) is 3.07. The van der Waals surface area contributed by atoms with Gasteiger partial charge < -0.3 is 11.1 Å². The van der Waals surface area contributed by atoms with Gasteiger partial charge in [0, 0.05) is 11.5 Å². The van der Waals surface area contributed by atoms with E-state index in [9.17, 15) is 4.79 Å². The first-order valence-corrected chi connectivity index (χ1v) is 5.57. The van der Waals surface area contributed by atoms with Crippen molar-refractivity contribution in [1.29, 1.82) is 0 Å². The number of rotatable bonds is 4. The monoisotopic (exact) mass is 198 g/mol. The Balaban J connectivity index is 2.39. The third kappa shape index (κ3) is 2.98. The minimum absolute atomic E-state index is 0.162. The number of amides is 1. The molecule has 0 radical (unpaired) electrons. The predicted molar refractivity (Wildman–Crippen MR) is 57.9 cm³/mol. The van der Waals surface area contributed by atoms with Crippen LogP contribution in [0, 0.1) is 5.41 Å². The lowest BCUT2D eigenvalue weighted by Gasteiger charge is -2.25. The van der Waals surface area contributed by atoms with Gasteiger partial charge in [-0.05, 0) is 25.8 Å². The maximum atomic E-state index is 11.8. The maximum absolute atomic E-state index is 11.8. The van der Waals surface area contributed by atoms with Crippen LogP contribution >= 0.6 is 0 Å². The average molecular weight is 198 g/mol. The van der Waals surface area contributed by atoms with Gasteiger partial charge in [-0.2, -0.15) is 0 Å². The summed E-state index contributed by atoms with van der Waals surface area (Å²) in [4.78, 5) is 11.8. The van der Waals surface area contributed by atoms with E-state index in [-0.39, 0.29) is 11.3 Å². The van der Waals surface area contributed by atoms with Gasteiger partial charge in [0.1, 0.15) is 0 Å². The molecular formula is C11H22N2O. The summed E-state index contributed by atoms with van der Waals surface area (Å²) in [5.41, 5.74) is 5.17. The lowest BCUT2D eigenvalue weighted by Crippen LogP contribution is -2.42. The molecule has 3 nitrogen and oxygen atoms in total. The van der Waals surface area contributed by atoms with Crippen molar-refractivity contribution >= 4 is 5.91 Å². The van der Waals surface area contributed by atoms with Crippen LogP contribution in [0.3, 0.4) is 0 Å². The molecule has 0 atom stereocenters. The fraction of sp³-hybridized carbons (Fsp3) is 0.909. The van der Waals surface area contributed by atoms with Crippen LogP contribution < -0.4 is 11.1 Å². The molecule has 0 bridgehead atoms. The molecule has 0 spiro atoms. The standard InChI is InChI=1S/C11H22N2O/c1-11(2,7-8-12)10(14)13-9-5-3-4-6-9/h9H,3-8,12H2,1-2H3,(H,13,14). The van der Waals surface area contributed by atoms with Crippen molar-refractivity contribution in [3.63, 3.8) is 0 Å². The Labute approximate surface area is 86.4 Å². The highest BCUT2D eigenvalue weighted by molar-refractivity contribution is 5.82. The fourth-order valence-corrected chi connectivity index (χ4v) is 1.93. The molecule has 0 unspecified atom stereocenters. The molecule has 82 valence electrons. The Bertz CT molecular complexity index is 195. The quantitative estimate of drug-likeness (QED) is 0.718. The predicted octanol–water partition coefficient (Wildman–Crippen LogP) is 1.42. The number of carbonyl (C=O) groups is 1. The van der Waals surface area contributed by atoms with Crippen molar-refractivity contribution in [3.8, 4) is 0 Å². The highest BCUT2D eigenvalue weighted by atomic mass is 16.2. The number of nitrogens with two attached hydrogens (primary N) is 1. The van der Waals surface area contributed by atoms with Crippen LogP contribution in [0.4, 0.5) is 0 Å². The van der Waals surface area contributed by atoms with E-state index >= 15 is 0 Å². The summed E-state index contributed by atoms with van der Waals surface area (Å²) in [7, 11) is 0. The molecule has 1 fully saturated rings. The summed E-state index contributed by atoms with van der Waals surface area (Å²) in [5, 5.41) is 3.11. The van der Waals surface area contributed by atoms with Crippen LogP contribution in [0.25, 0.3) is 0 Å². The zero-order valence-electron chi connectivity index (χ0n) is 9.31. The summed E-state index contributed by atoms with van der Waals surface area (Å²) >= 11 is 0. The van der Waals surface area contributed by atoms with Gasteiger partial charge in [-0.3, -0.25) is 4.79 Å². The molecule has 0 heterocycles. The molecule has 1 saturated carbocycles. The number of hydrogen-bond donors (Lipinski definition) is 2. The summed E-state index contributed by atoms with van der Waals surface area (Å²) in [5.74, 6) is 0.162. The molecule has 3 heteroatoms. The van der Waals surface area contributed by atoms with Crippen LogP contribution in [0.15, 0.2) is 0 Å².